The lowest BCUT2D eigenvalue weighted by Crippen LogP contribution is -2.49. The molecule has 4 aromatic rings. The van der Waals surface area contributed by atoms with E-state index in [1.165, 1.54) is 11.3 Å². The van der Waals surface area contributed by atoms with Crippen LogP contribution in [0.4, 0.5) is 5.82 Å². The second kappa shape index (κ2) is 7.64. The topological polar surface area (TPSA) is 49.3 Å². The van der Waals surface area contributed by atoms with Gasteiger partial charge in [0, 0.05) is 37.1 Å². The first-order valence-corrected chi connectivity index (χ1v) is 10.6. The van der Waals surface area contributed by atoms with Gasteiger partial charge >= 0.3 is 0 Å². The van der Waals surface area contributed by atoms with Gasteiger partial charge in [-0.15, -0.1) is 11.3 Å². The van der Waals surface area contributed by atoms with Crippen LogP contribution in [0.5, 0.6) is 0 Å². The highest BCUT2D eigenvalue weighted by atomic mass is 32.1. The minimum Gasteiger partial charge on any atom is -0.352 e. The fraction of sp³-hybridized carbons (Fsp3) is 0.174. The Balaban J connectivity index is 1.45. The van der Waals surface area contributed by atoms with Gasteiger partial charge in [0.05, 0.1) is 10.4 Å². The number of para-hydroxylation sites is 1. The monoisotopic (exact) mass is 400 g/mol. The summed E-state index contributed by atoms with van der Waals surface area (Å²) in [6.45, 7) is 2.89. The Kier molecular flexibility index (Phi) is 4.69. The van der Waals surface area contributed by atoms with Crippen LogP contribution in [-0.2, 0) is 0 Å². The number of carbonyl (C=O) groups excluding carboxylic acids is 1. The van der Waals surface area contributed by atoms with Gasteiger partial charge in [0.25, 0.3) is 5.91 Å². The number of hydrogen-bond acceptors (Lipinski definition) is 5. The van der Waals surface area contributed by atoms with Crippen molar-refractivity contribution < 1.29 is 4.79 Å². The Hall–Kier alpha value is -3.25. The fourth-order valence-electron chi connectivity index (χ4n) is 3.69. The van der Waals surface area contributed by atoms with Crippen LogP contribution in [0.2, 0.25) is 0 Å². The van der Waals surface area contributed by atoms with E-state index in [9.17, 15) is 4.79 Å². The third-order valence-corrected chi connectivity index (χ3v) is 6.07. The first-order valence-electron chi connectivity index (χ1n) is 9.69. The highest BCUT2D eigenvalue weighted by Gasteiger charge is 2.25. The molecule has 29 heavy (non-hydrogen) atoms. The van der Waals surface area contributed by atoms with Gasteiger partial charge in [-0.3, -0.25) is 4.79 Å². The van der Waals surface area contributed by atoms with Crippen LogP contribution in [-0.4, -0.2) is 47.0 Å². The molecular weight excluding hydrogens is 380 g/mol. The van der Waals surface area contributed by atoms with E-state index in [0.29, 0.717) is 13.1 Å². The van der Waals surface area contributed by atoms with Crippen LogP contribution in [0, 0.1) is 0 Å². The van der Waals surface area contributed by atoms with Gasteiger partial charge in [-0.2, -0.15) is 0 Å². The molecule has 0 unspecified atom stereocenters. The molecule has 3 heterocycles. The summed E-state index contributed by atoms with van der Waals surface area (Å²) in [6, 6.07) is 22.0. The molecule has 0 spiro atoms. The summed E-state index contributed by atoms with van der Waals surface area (Å²) in [5, 5.41) is 2.99. The van der Waals surface area contributed by atoms with E-state index in [1.54, 1.807) is 0 Å². The number of carbonyl (C=O) groups is 1. The second-order valence-corrected chi connectivity index (χ2v) is 7.96. The predicted molar refractivity (Wildman–Crippen MR) is 117 cm³/mol. The molecule has 1 fully saturated rings. The van der Waals surface area contributed by atoms with Crippen molar-refractivity contribution in [2.24, 2.45) is 0 Å². The van der Waals surface area contributed by atoms with Gasteiger partial charge in [-0.1, -0.05) is 48.5 Å². The molecular formula is C23H20N4OS. The average Bonchev–Trinajstić information content (AvgIpc) is 3.34. The Morgan fingerprint density at radius 3 is 2.34 bits per heavy atom. The molecule has 0 atom stereocenters. The summed E-state index contributed by atoms with van der Waals surface area (Å²) >= 11 is 1.50. The summed E-state index contributed by atoms with van der Waals surface area (Å²) in [5.74, 6) is 1.80. The molecule has 0 saturated carbocycles. The standard InChI is InChI=1S/C23H20N4OS/c28-23(20-11-6-16-29-20)27-14-12-26(13-15-27)22-18-9-4-5-10-19(18)24-21(25-22)17-7-2-1-3-8-17/h1-11,16H,12-15H2. The molecule has 0 aliphatic carbocycles. The Labute approximate surface area is 173 Å². The Bertz CT molecular complexity index is 1140. The summed E-state index contributed by atoms with van der Waals surface area (Å²) < 4.78 is 0. The van der Waals surface area contributed by atoms with Crippen LogP contribution >= 0.6 is 11.3 Å². The maximum atomic E-state index is 12.6. The third kappa shape index (κ3) is 3.47. The van der Waals surface area contributed by atoms with E-state index in [4.69, 9.17) is 9.97 Å². The number of benzene rings is 2. The number of thiophene rings is 1. The lowest BCUT2D eigenvalue weighted by atomic mass is 10.1. The van der Waals surface area contributed by atoms with Crippen molar-refractivity contribution in [2.75, 3.05) is 31.1 Å². The number of piperazine rings is 1. The van der Waals surface area contributed by atoms with E-state index in [2.05, 4.69) is 11.0 Å². The van der Waals surface area contributed by atoms with E-state index in [-0.39, 0.29) is 5.91 Å². The van der Waals surface area contributed by atoms with Crippen molar-refractivity contribution in [1.82, 2.24) is 14.9 Å². The molecule has 0 radical (unpaired) electrons. The molecule has 1 saturated heterocycles. The lowest BCUT2D eigenvalue weighted by molar-refractivity contribution is 0.0751. The van der Waals surface area contributed by atoms with Crippen molar-refractivity contribution in [3.05, 3.63) is 77.0 Å². The van der Waals surface area contributed by atoms with Crippen molar-refractivity contribution in [1.29, 1.82) is 0 Å². The number of amides is 1. The van der Waals surface area contributed by atoms with Crippen LogP contribution in [0.3, 0.4) is 0 Å². The molecule has 2 aromatic carbocycles. The summed E-state index contributed by atoms with van der Waals surface area (Å²) in [5.41, 5.74) is 1.94. The third-order valence-electron chi connectivity index (χ3n) is 5.21. The zero-order chi connectivity index (χ0) is 19.6. The number of rotatable bonds is 3. The zero-order valence-electron chi connectivity index (χ0n) is 15.9. The minimum atomic E-state index is 0.122. The summed E-state index contributed by atoms with van der Waals surface area (Å²) in [7, 11) is 0. The van der Waals surface area contributed by atoms with Gasteiger partial charge in [0.1, 0.15) is 5.82 Å². The molecule has 1 aliphatic rings. The normalized spacial score (nSPS) is 14.3. The Morgan fingerprint density at radius 1 is 0.828 bits per heavy atom. The largest absolute Gasteiger partial charge is 0.352 e. The lowest BCUT2D eigenvalue weighted by Gasteiger charge is -2.35. The van der Waals surface area contributed by atoms with Gasteiger partial charge in [-0.25, -0.2) is 9.97 Å². The van der Waals surface area contributed by atoms with E-state index < -0.39 is 0 Å². The summed E-state index contributed by atoms with van der Waals surface area (Å²) in [6.07, 6.45) is 0. The number of fused-ring (bicyclic) bond motifs is 1. The van der Waals surface area contributed by atoms with Crippen LogP contribution in [0.15, 0.2) is 72.1 Å². The predicted octanol–water partition coefficient (Wildman–Crippen LogP) is 4.32. The first kappa shape index (κ1) is 17.8. The minimum absolute atomic E-state index is 0.122. The van der Waals surface area contributed by atoms with E-state index in [0.717, 1.165) is 46.1 Å². The van der Waals surface area contributed by atoms with Crippen molar-refractivity contribution in [3.63, 3.8) is 0 Å². The molecule has 5 nitrogen and oxygen atoms in total. The first-order chi connectivity index (χ1) is 14.3. The van der Waals surface area contributed by atoms with Gasteiger partial charge in [-0.05, 0) is 23.6 Å². The highest BCUT2D eigenvalue weighted by Crippen LogP contribution is 2.28. The van der Waals surface area contributed by atoms with Crippen LogP contribution < -0.4 is 4.90 Å². The molecule has 6 heteroatoms. The molecule has 1 amide bonds. The zero-order valence-corrected chi connectivity index (χ0v) is 16.7. The molecule has 0 N–H and O–H groups in total. The highest BCUT2D eigenvalue weighted by molar-refractivity contribution is 7.12. The Morgan fingerprint density at radius 2 is 1.59 bits per heavy atom. The van der Waals surface area contributed by atoms with Crippen LogP contribution in [0.25, 0.3) is 22.3 Å². The molecule has 1 aliphatic heterocycles. The SMILES string of the molecule is O=C(c1cccs1)N1CCN(c2nc(-c3ccccc3)nc3ccccc23)CC1. The average molecular weight is 401 g/mol. The van der Waals surface area contributed by atoms with Crippen molar-refractivity contribution in [2.45, 2.75) is 0 Å². The van der Waals surface area contributed by atoms with Gasteiger partial charge < -0.3 is 9.80 Å². The number of nitrogens with zero attached hydrogens (tertiary/aromatic N) is 4. The number of aromatic nitrogens is 2. The molecule has 2 aromatic heterocycles. The maximum absolute atomic E-state index is 12.6. The number of hydrogen-bond donors (Lipinski definition) is 0. The number of anilines is 1. The van der Waals surface area contributed by atoms with E-state index >= 15 is 0 Å². The second-order valence-electron chi connectivity index (χ2n) is 7.01. The van der Waals surface area contributed by atoms with Crippen LogP contribution in [0.1, 0.15) is 9.67 Å². The smallest absolute Gasteiger partial charge is 0.264 e. The van der Waals surface area contributed by atoms with Gasteiger partial charge in [0.2, 0.25) is 0 Å². The van der Waals surface area contributed by atoms with Gasteiger partial charge in [0.15, 0.2) is 5.82 Å². The fourth-order valence-corrected chi connectivity index (χ4v) is 4.39. The van der Waals surface area contributed by atoms with Crippen molar-refractivity contribution >= 4 is 34.0 Å². The van der Waals surface area contributed by atoms with E-state index in [1.807, 2.05) is 70.9 Å². The molecule has 144 valence electrons. The molecule has 0 bridgehead atoms. The van der Waals surface area contributed by atoms with Crippen molar-refractivity contribution in [3.8, 4) is 11.4 Å². The maximum Gasteiger partial charge on any atom is 0.264 e. The molecule has 5 rings (SSSR count). The quantitative estimate of drug-likeness (QED) is 0.514. The summed E-state index contributed by atoms with van der Waals surface area (Å²) in [4.78, 5) is 27.4.